The van der Waals surface area contributed by atoms with E-state index in [1.54, 1.807) is 13.8 Å². The van der Waals surface area contributed by atoms with Crippen molar-refractivity contribution in [1.29, 1.82) is 0 Å². The minimum absolute atomic E-state index is 0.00631. The van der Waals surface area contributed by atoms with Crippen LogP contribution in [0.1, 0.15) is 20.8 Å². The monoisotopic (exact) mass is 319 g/mol. The number of carbonyl (C=O) groups is 2. The van der Waals surface area contributed by atoms with Gasteiger partial charge in [-0.3, -0.25) is 9.59 Å². The van der Waals surface area contributed by atoms with Gasteiger partial charge in [-0.05, 0) is 19.1 Å². The van der Waals surface area contributed by atoms with Crippen molar-refractivity contribution in [2.75, 3.05) is 5.32 Å². The van der Waals surface area contributed by atoms with E-state index in [0.29, 0.717) is 4.90 Å². The summed E-state index contributed by atoms with van der Waals surface area (Å²) in [6, 6.07) is 2.41. The second-order valence-corrected chi connectivity index (χ2v) is 6.29. The Morgan fingerprint density at radius 3 is 2.45 bits per heavy atom. The highest BCUT2D eigenvalue weighted by Crippen LogP contribution is 2.34. The first kappa shape index (κ1) is 16.8. The molecule has 0 saturated heterocycles. The molecular formula is C13H15ClFNO3S. The molecule has 1 aromatic carbocycles. The lowest BCUT2D eigenvalue weighted by Crippen LogP contribution is -2.18. The molecule has 0 aliphatic rings. The van der Waals surface area contributed by atoms with Gasteiger partial charge in [0.25, 0.3) is 0 Å². The maximum atomic E-state index is 13.7. The number of carbonyl (C=O) groups excluding carboxylic acids is 1. The summed E-state index contributed by atoms with van der Waals surface area (Å²) in [6.07, 6.45) is 0. The number of nitrogens with one attached hydrogen (secondary N) is 1. The highest BCUT2D eigenvalue weighted by Gasteiger charge is 2.18. The van der Waals surface area contributed by atoms with Crippen LogP contribution in [0.15, 0.2) is 17.0 Å². The summed E-state index contributed by atoms with van der Waals surface area (Å²) in [7, 11) is 0. The van der Waals surface area contributed by atoms with Crippen molar-refractivity contribution in [2.45, 2.75) is 30.9 Å². The zero-order chi connectivity index (χ0) is 15.4. The molecule has 0 fully saturated rings. The number of carboxylic acid groups (broad SMARTS) is 1. The Balaban J connectivity index is 3.03. The van der Waals surface area contributed by atoms with E-state index in [-0.39, 0.29) is 22.5 Å². The van der Waals surface area contributed by atoms with Gasteiger partial charge in [0, 0.05) is 10.8 Å². The minimum atomic E-state index is -0.997. The fourth-order valence-corrected chi connectivity index (χ4v) is 2.36. The van der Waals surface area contributed by atoms with Gasteiger partial charge in [-0.15, -0.1) is 11.8 Å². The summed E-state index contributed by atoms with van der Waals surface area (Å²) in [5.74, 6) is -2.27. The molecule has 1 aromatic rings. The molecule has 20 heavy (non-hydrogen) atoms. The standard InChI is InChI=1S/C13H15ClFNO3S/c1-6(2)12(17)16-10-5-11(8(14)4-9(10)15)20-7(3)13(18)19/h4-7H,1-3H3,(H,16,17)(H,18,19). The summed E-state index contributed by atoms with van der Waals surface area (Å²) in [4.78, 5) is 22.8. The van der Waals surface area contributed by atoms with Gasteiger partial charge in [-0.25, -0.2) is 4.39 Å². The molecule has 7 heteroatoms. The van der Waals surface area contributed by atoms with E-state index in [9.17, 15) is 14.0 Å². The molecule has 110 valence electrons. The predicted octanol–water partition coefficient (Wildman–Crippen LogP) is 3.64. The van der Waals surface area contributed by atoms with Gasteiger partial charge in [0.1, 0.15) is 11.1 Å². The summed E-state index contributed by atoms with van der Waals surface area (Å²) >= 11 is 6.87. The van der Waals surface area contributed by atoms with Crippen molar-refractivity contribution >= 4 is 40.9 Å². The summed E-state index contributed by atoms with van der Waals surface area (Å²) in [5.41, 5.74) is -0.00631. The first-order chi connectivity index (χ1) is 9.22. The van der Waals surface area contributed by atoms with Crippen LogP contribution in [0.2, 0.25) is 5.02 Å². The number of hydrogen-bond donors (Lipinski definition) is 2. The van der Waals surface area contributed by atoms with Crippen molar-refractivity contribution in [3.8, 4) is 0 Å². The molecule has 0 aliphatic heterocycles. The zero-order valence-electron chi connectivity index (χ0n) is 11.2. The highest BCUT2D eigenvalue weighted by molar-refractivity contribution is 8.00. The molecule has 0 saturated carbocycles. The molecule has 1 rings (SSSR count). The van der Waals surface area contributed by atoms with Gasteiger partial charge in [0.15, 0.2) is 0 Å². The summed E-state index contributed by atoms with van der Waals surface area (Å²) in [6.45, 7) is 4.87. The van der Waals surface area contributed by atoms with Crippen LogP contribution in [0.4, 0.5) is 10.1 Å². The minimum Gasteiger partial charge on any atom is -0.480 e. The maximum Gasteiger partial charge on any atom is 0.316 e. The van der Waals surface area contributed by atoms with E-state index < -0.39 is 17.0 Å². The maximum absolute atomic E-state index is 13.7. The van der Waals surface area contributed by atoms with Gasteiger partial charge in [0.05, 0.1) is 10.7 Å². The molecule has 1 atom stereocenters. The van der Waals surface area contributed by atoms with Crippen LogP contribution < -0.4 is 5.32 Å². The zero-order valence-corrected chi connectivity index (χ0v) is 12.8. The fourth-order valence-electron chi connectivity index (χ4n) is 1.23. The largest absolute Gasteiger partial charge is 0.480 e. The number of benzene rings is 1. The van der Waals surface area contributed by atoms with Gasteiger partial charge in [-0.2, -0.15) is 0 Å². The lowest BCUT2D eigenvalue weighted by atomic mass is 10.2. The van der Waals surface area contributed by atoms with E-state index in [4.69, 9.17) is 16.7 Å². The predicted molar refractivity (Wildman–Crippen MR) is 77.8 cm³/mol. The number of hydrogen-bond acceptors (Lipinski definition) is 3. The van der Waals surface area contributed by atoms with Crippen molar-refractivity contribution in [1.82, 2.24) is 0 Å². The number of carboxylic acids is 1. The number of aliphatic carboxylic acids is 1. The summed E-state index contributed by atoms with van der Waals surface area (Å²) < 4.78 is 13.7. The number of amides is 1. The van der Waals surface area contributed by atoms with E-state index in [2.05, 4.69) is 5.32 Å². The lowest BCUT2D eigenvalue weighted by Gasteiger charge is -2.13. The second kappa shape index (κ2) is 6.95. The highest BCUT2D eigenvalue weighted by atomic mass is 35.5. The Morgan fingerprint density at radius 1 is 1.35 bits per heavy atom. The number of halogens is 2. The Hall–Kier alpha value is -1.27. The lowest BCUT2D eigenvalue weighted by molar-refractivity contribution is -0.136. The quantitative estimate of drug-likeness (QED) is 0.813. The van der Waals surface area contributed by atoms with E-state index >= 15 is 0 Å². The molecule has 0 heterocycles. The fraction of sp³-hybridized carbons (Fsp3) is 0.385. The van der Waals surface area contributed by atoms with Gasteiger partial charge in [-0.1, -0.05) is 25.4 Å². The number of anilines is 1. The van der Waals surface area contributed by atoms with Crippen LogP contribution in [0.5, 0.6) is 0 Å². The molecule has 0 aromatic heterocycles. The Bertz CT molecular complexity index is 537. The second-order valence-electron chi connectivity index (χ2n) is 4.50. The third kappa shape index (κ3) is 4.38. The molecule has 0 spiro atoms. The molecule has 0 radical (unpaired) electrons. The number of rotatable bonds is 5. The Kier molecular flexibility index (Phi) is 5.83. The van der Waals surface area contributed by atoms with E-state index in [1.165, 1.54) is 13.0 Å². The van der Waals surface area contributed by atoms with Crippen LogP contribution >= 0.6 is 23.4 Å². The van der Waals surface area contributed by atoms with Gasteiger partial charge >= 0.3 is 5.97 Å². The van der Waals surface area contributed by atoms with Crippen LogP contribution in [0, 0.1) is 11.7 Å². The third-order valence-corrected chi connectivity index (χ3v) is 4.03. The smallest absolute Gasteiger partial charge is 0.316 e. The third-order valence-electron chi connectivity index (χ3n) is 2.46. The molecule has 1 amide bonds. The Labute approximate surface area is 125 Å². The average molecular weight is 320 g/mol. The SMILES string of the molecule is CC(C)C(=O)Nc1cc(SC(C)C(=O)O)c(Cl)cc1F. The van der Waals surface area contributed by atoms with Crippen molar-refractivity contribution < 1.29 is 19.1 Å². The Morgan fingerprint density at radius 2 is 1.95 bits per heavy atom. The molecule has 2 N–H and O–H groups in total. The van der Waals surface area contributed by atoms with Gasteiger partial charge < -0.3 is 10.4 Å². The first-order valence-corrected chi connectivity index (χ1v) is 7.17. The average Bonchev–Trinajstić information content (AvgIpc) is 2.34. The first-order valence-electron chi connectivity index (χ1n) is 5.91. The van der Waals surface area contributed by atoms with Crippen LogP contribution in [-0.2, 0) is 9.59 Å². The molecule has 0 bridgehead atoms. The van der Waals surface area contributed by atoms with Crippen LogP contribution in [0.3, 0.4) is 0 Å². The normalized spacial score (nSPS) is 12.3. The molecule has 4 nitrogen and oxygen atoms in total. The van der Waals surface area contributed by atoms with Crippen molar-refractivity contribution in [2.24, 2.45) is 5.92 Å². The van der Waals surface area contributed by atoms with Gasteiger partial charge in [0.2, 0.25) is 5.91 Å². The number of thioether (sulfide) groups is 1. The molecular weight excluding hydrogens is 305 g/mol. The van der Waals surface area contributed by atoms with Crippen LogP contribution in [0.25, 0.3) is 0 Å². The van der Waals surface area contributed by atoms with Crippen molar-refractivity contribution in [3.05, 3.63) is 23.0 Å². The van der Waals surface area contributed by atoms with Crippen molar-refractivity contribution in [3.63, 3.8) is 0 Å². The topological polar surface area (TPSA) is 66.4 Å². The molecule has 0 aliphatic carbocycles. The molecule has 1 unspecified atom stereocenters. The van der Waals surface area contributed by atoms with E-state index in [0.717, 1.165) is 17.8 Å². The van der Waals surface area contributed by atoms with Crippen LogP contribution in [-0.4, -0.2) is 22.2 Å². The summed E-state index contributed by atoms with van der Waals surface area (Å²) in [5, 5.41) is 10.7. The van der Waals surface area contributed by atoms with E-state index in [1.807, 2.05) is 0 Å².